The molecule has 1 heterocycles. The molecule has 0 N–H and O–H groups in total. The molecule has 2 nitrogen and oxygen atoms in total. The molecule has 0 spiro atoms. The molecule has 0 amide bonds. The van der Waals surface area contributed by atoms with E-state index in [1.54, 1.807) is 6.07 Å². The van der Waals surface area contributed by atoms with Crippen molar-refractivity contribution < 1.29 is 4.79 Å². The Kier molecular flexibility index (Phi) is 2.49. The van der Waals surface area contributed by atoms with Crippen LogP contribution in [-0.4, -0.2) is 10.1 Å². The highest BCUT2D eigenvalue weighted by atomic mass is 32.1. The van der Waals surface area contributed by atoms with E-state index in [1.165, 1.54) is 0 Å². The first-order valence-electron chi connectivity index (χ1n) is 4.69. The van der Waals surface area contributed by atoms with Crippen molar-refractivity contribution in [2.45, 2.75) is 13.8 Å². The minimum absolute atomic E-state index is 0.212. The lowest BCUT2D eigenvalue weighted by atomic mass is 10.1. The fraction of sp³-hybridized carbons (Fsp3) is 0.167. The third-order valence-corrected chi connectivity index (χ3v) is 2.56. The van der Waals surface area contributed by atoms with E-state index in [9.17, 15) is 4.79 Å². The summed E-state index contributed by atoms with van der Waals surface area (Å²) in [5.74, 6) is 0. The van der Waals surface area contributed by atoms with E-state index >= 15 is 0 Å². The standard InChI is InChI=1S/C12H11NOS/c1-7-3-4-11-9(5-7)10(12(14)15)6-8(2)13-11/h3-6H,1-2H3,(H,14,15). The minimum Gasteiger partial charge on any atom is -0.282 e. The monoisotopic (exact) mass is 217 g/mol. The van der Waals surface area contributed by atoms with Crippen LogP contribution in [0.3, 0.4) is 0 Å². The number of hydrogen-bond donors (Lipinski definition) is 1. The number of benzene rings is 1. The third kappa shape index (κ3) is 1.88. The number of carbonyl (C=O) groups is 1. The van der Waals surface area contributed by atoms with Crippen LogP contribution >= 0.6 is 12.6 Å². The highest BCUT2D eigenvalue weighted by Crippen LogP contribution is 2.21. The van der Waals surface area contributed by atoms with Crippen molar-refractivity contribution in [3.63, 3.8) is 0 Å². The SMILES string of the molecule is Cc1ccc2nc(C)cc(C(=O)S)c2c1. The second-order valence-electron chi connectivity index (χ2n) is 3.64. The van der Waals surface area contributed by atoms with Gasteiger partial charge in [-0.1, -0.05) is 11.6 Å². The number of aromatic nitrogens is 1. The average molecular weight is 217 g/mol. The van der Waals surface area contributed by atoms with Gasteiger partial charge in [-0.25, -0.2) is 0 Å². The topological polar surface area (TPSA) is 30.0 Å². The maximum Gasteiger partial charge on any atom is 0.217 e. The molecule has 0 bridgehead atoms. The van der Waals surface area contributed by atoms with Crippen LogP contribution in [-0.2, 0) is 0 Å². The third-order valence-electron chi connectivity index (χ3n) is 2.32. The number of pyridine rings is 1. The van der Waals surface area contributed by atoms with Gasteiger partial charge in [0.25, 0.3) is 0 Å². The maximum atomic E-state index is 11.4. The Hall–Kier alpha value is -1.35. The van der Waals surface area contributed by atoms with Gasteiger partial charge in [-0.15, -0.1) is 12.6 Å². The number of rotatable bonds is 1. The number of thiol groups is 1. The molecule has 0 atom stereocenters. The zero-order valence-corrected chi connectivity index (χ0v) is 9.51. The first-order valence-corrected chi connectivity index (χ1v) is 5.14. The van der Waals surface area contributed by atoms with Gasteiger partial charge < -0.3 is 0 Å². The Morgan fingerprint density at radius 3 is 2.67 bits per heavy atom. The molecule has 0 fully saturated rings. The molecule has 15 heavy (non-hydrogen) atoms. The van der Waals surface area contributed by atoms with Crippen LogP contribution in [0.15, 0.2) is 24.3 Å². The molecule has 0 aliphatic rings. The van der Waals surface area contributed by atoms with Crippen LogP contribution in [0.4, 0.5) is 0 Å². The molecule has 0 aliphatic carbocycles. The number of fused-ring (bicyclic) bond motifs is 1. The van der Waals surface area contributed by atoms with Crippen LogP contribution in [0.2, 0.25) is 0 Å². The molecular weight excluding hydrogens is 206 g/mol. The molecule has 0 saturated heterocycles. The zero-order valence-electron chi connectivity index (χ0n) is 8.61. The fourth-order valence-electron chi connectivity index (χ4n) is 1.65. The van der Waals surface area contributed by atoms with Gasteiger partial charge in [-0.05, 0) is 32.0 Å². The molecule has 0 aliphatic heterocycles. The van der Waals surface area contributed by atoms with E-state index in [0.29, 0.717) is 5.56 Å². The Balaban J connectivity index is 2.87. The molecule has 1 aromatic carbocycles. The number of hydrogen-bond acceptors (Lipinski definition) is 2. The van der Waals surface area contributed by atoms with E-state index in [-0.39, 0.29) is 5.12 Å². The molecule has 0 unspecified atom stereocenters. The van der Waals surface area contributed by atoms with Gasteiger partial charge in [-0.2, -0.15) is 0 Å². The average Bonchev–Trinajstić information content (AvgIpc) is 2.17. The second-order valence-corrected chi connectivity index (χ2v) is 4.04. The van der Waals surface area contributed by atoms with Crippen LogP contribution in [0.5, 0.6) is 0 Å². The summed E-state index contributed by atoms with van der Waals surface area (Å²) in [4.78, 5) is 15.7. The molecule has 1 aromatic heterocycles. The van der Waals surface area contributed by atoms with Crippen LogP contribution in [0, 0.1) is 13.8 Å². The van der Waals surface area contributed by atoms with Gasteiger partial charge in [0, 0.05) is 16.6 Å². The maximum absolute atomic E-state index is 11.4. The van der Waals surface area contributed by atoms with E-state index < -0.39 is 0 Å². The quantitative estimate of drug-likeness (QED) is 0.744. The summed E-state index contributed by atoms with van der Waals surface area (Å²) in [6.07, 6.45) is 0. The number of carbonyl (C=O) groups excluding carboxylic acids is 1. The first-order chi connectivity index (χ1) is 7.08. The van der Waals surface area contributed by atoms with Gasteiger partial charge in [0.15, 0.2) is 0 Å². The van der Waals surface area contributed by atoms with Crippen molar-refractivity contribution in [1.29, 1.82) is 0 Å². The van der Waals surface area contributed by atoms with Crippen molar-refractivity contribution in [3.8, 4) is 0 Å². The van der Waals surface area contributed by atoms with Gasteiger partial charge in [0.05, 0.1) is 5.52 Å². The fourth-order valence-corrected chi connectivity index (χ4v) is 1.83. The lowest BCUT2D eigenvalue weighted by Gasteiger charge is -2.05. The Morgan fingerprint density at radius 1 is 1.27 bits per heavy atom. The molecular formula is C12H11NOS. The van der Waals surface area contributed by atoms with Gasteiger partial charge >= 0.3 is 0 Å². The summed E-state index contributed by atoms with van der Waals surface area (Å²) < 4.78 is 0. The Bertz CT molecular complexity index is 549. The largest absolute Gasteiger partial charge is 0.282 e. The van der Waals surface area contributed by atoms with Crippen LogP contribution in [0.1, 0.15) is 21.6 Å². The van der Waals surface area contributed by atoms with E-state index in [1.807, 2.05) is 32.0 Å². The lowest BCUT2D eigenvalue weighted by molar-refractivity contribution is 0.109. The minimum atomic E-state index is -0.212. The van der Waals surface area contributed by atoms with E-state index in [2.05, 4.69) is 17.6 Å². The molecule has 0 radical (unpaired) electrons. The smallest absolute Gasteiger partial charge is 0.217 e. The molecule has 76 valence electrons. The summed E-state index contributed by atoms with van der Waals surface area (Å²) >= 11 is 3.88. The zero-order chi connectivity index (χ0) is 11.0. The van der Waals surface area contributed by atoms with E-state index in [0.717, 1.165) is 22.2 Å². The first kappa shape index (κ1) is 10.2. The Labute approximate surface area is 93.7 Å². The number of aryl methyl sites for hydroxylation is 2. The van der Waals surface area contributed by atoms with Crippen molar-refractivity contribution in [2.75, 3.05) is 0 Å². The summed E-state index contributed by atoms with van der Waals surface area (Å²) in [5, 5.41) is 0.664. The van der Waals surface area contributed by atoms with Gasteiger partial charge in [0.1, 0.15) is 0 Å². The summed E-state index contributed by atoms with van der Waals surface area (Å²) in [5.41, 5.74) is 3.43. The van der Waals surface area contributed by atoms with Crippen molar-refractivity contribution in [3.05, 3.63) is 41.1 Å². The Morgan fingerprint density at radius 2 is 2.00 bits per heavy atom. The predicted molar refractivity (Wildman–Crippen MR) is 64.5 cm³/mol. The predicted octanol–water partition coefficient (Wildman–Crippen LogP) is 2.92. The molecule has 3 heteroatoms. The van der Waals surface area contributed by atoms with Crippen molar-refractivity contribution >= 4 is 28.6 Å². The summed E-state index contributed by atoms with van der Waals surface area (Å²) in [7, 11) is 0. The molecule has 2 aromatic rings. The van der Waals surface area contributed by atoms with Gasteiger partial charge in [-0.3, -0.25) is 9.78 Å². The van der Waals surface area contributed by atoms with Crippen molar-refractivity contribution in [1.82, 2.24) is 4.98 Å². The summed E-state index contributed by atoms with van der Waals surface area (Å²) in [6.45, 7) is 3.87. The molecule has 2 rings (SSSR count). The van der Waals surface area contributed by atoms with Crippen LogP contribution < -0.4 is 0 Å². The van der Waals surface area contributed by atoms with E-state index in [4.69, 9.17) is 0 Å². The summed E-state index contributed by atoms with van der Waals surface area (Å²) in [6, 6.07) is 7.65. The normalized spacial score (nSPS) is 10.6. The van der Waals surface area contributed by atoms with Crippen LogP contribution in [0.25, 0.3) is 10.9 Å². The highest BCUT2D eigenvalue weighted by molar-refractivity contribution is 7.97. The highest BCUT2D eigenvalue weighted by Gasteiger charge is 2.08. The second kappa shape index (κ2) is 3.66. The number of nitrogens with zero attached hydrogens (tertiary/aromatic N) is 1. The lowest BCUT2D eigenvalue weighted by Crippen LogP contribution is -1.95. The van der Waals surface area contributed by atoms with Gasteiger partial charge in [0.2, 0.25) is 5.12 Å². The van der Waals surface area contributed by atoms with Crippen molar-refractivity contribution in [2.24, 2.45) is 0 Å². The molecule has 0 saturated carbocycles.